The van der Waals surface area contributed by atoms with E-state index in [1.54, 1.807) is 0 Å². The molecule has 6 aromatic heterocycles. The third-order valence-electron chi connectivity index (χ3n) is 11.3. The second-order valence-corrected chi connectivity index (χ2v) is 13.9. The molecule has 0 radical (unpaired) electrons. The van der Waals surface area contributed by atoms with E-state index in [1.165, 1.54) is 43.7 Å². The smallest absolute Gasteiger partial charge is 0.164 e. The number of fused-ring (bicyclic) bond motifs is 6. The van der Waals surface area contributed by atoms with Crippen LogP contribution in [0.25, 0.3) is 66.3 Å². The summed E-state index contributed by atoms with van der Waals surface area (Å²) in [4.78, 5) is 10.4. The molecular weight excluding hydrogens is 649 g/mol. The molecule has 6 heterocycles. The van der Waals surface area contributed by atoms with Gasteiger partial charge < -0.3 is 0 Å². The van der Waals surface area contributed by atoms with E-state index in [0.717, 1.165) is 45.1 Å². The van der Waals surface area contributed by atoms with Crippen LogP contribution in [0.1, 0.15) is 22.5 Å². The van der Waals surface area contributed by atoms with Crippen LogP contribution in [0.5, 0.6) is 0 Å². The molecule has 6 aromatic carbocycles. The van der Waals surface area contributed by atoms with Gasteiger partial charge in [0.05, 0.1) is 22.1 Å². The second-order valence-electron chi connectivity index (χ2n) is 13.9. The van der Waals surface area contributed by atoms with Gasteiger partial charge in [0.15, 0.2) is 11.3 Å². The Morgan fingerprint density at radius 2 is 0.774 bits per heavy atom. The molecule has 0 saturated heterocycles. The zero-order valence-electron chi connectivity index (χ0n) is 28.5. The highest BCUT2D eigenvalue weighted by molar-refractivity contribution is 6.15. The summed E-state index contributed by atoms with van der Waals surface area (Å²) >= 11 is 0. The Kier molecular flexibility index (Phi) is 5.61. The van der Waals surface area contributed by atoms with Crippen molar-refractivity contribution in [3.63, 3.8) is 0 Å². The molecule has 0 aliphatic heterocycles. The fraction of sp³-hybridized carbons (Fsp3) is 0.0213. The van der Waals surface area contributed by atoms with Gasteiger partial charge in [0.25, 0.3) is 0 Å². The summed E-state index contributed by atoms with van der Waals surface area (Å²) in [7, 11) is 0. The Hall–Kier alpha value is -7.18. The van der Waals surface area contributed by atoms with E-state index in [9.17, 15) is 0 Å². The molecule has 0 spiro atoms. The average molecular weight is 679 g/mol. The maximum Gasteiger partial charge on any atom is 0.164 e. The molecular formula is C47H30N6. The van der Waals surface area contributed by atoms with Gasteiger partial charge in [0.2, 0.25) is 0 Å². The number of hydrogen-bond acceptors (Lipinski definition) is 2. The van der Waals surface area contributed by atoms with E-state index in [0.29, 0.717) is 0 Å². The van der Waals surface area contributed by atoms with Gasteiger partial charge >= 0.3 is 0 Å². The molecule has 0 N–H and O–H groups in total. The maximum atomic E-state index is 5.21. The lowest BCUT2D eigenvalue weighted by molar-refractivity contribution is 0.681. The number of hydrogen-bond donors (Lipinski definition) is 0. The summed E-state index contributed by atoms with van der Waals surface area (Å²) in [6, 6.07) is 61.1. The van der Waals surface area contributed by atoms with Crippen LogP contribution in [0.2, 0.25) is 0 Å². The third-order valence-corrected chi connectivity index (χ3v) is 11.3. The fourth-order valence-electron chi connectivity index (χ4n) is 9.23. The molecule has 12 rings (SSSR count). The van der Waals surface area contributed by atoms with Gasteiger partial charge in [-0.05, 0) is 47.5 Å². The molecule has 0 aliphatic rings. The summed E-state index contributed by atoms with van der Waals surface area (Å²) < 4.78 is 9.33. The number of imidazole rings is 2. The van der Waals surface area contributed by atoms with Crippen molar-refractivity contribution >= 4 is 54.9 Å². The number of benzene rings is 6. The van der Waals surface area contributed by atoms with E-state index in [4.69, 9.17) is 9.97 Å². The highest BCUT2D eigenvalue weighted by Crippen LogP contribution is 2.51. The normalized spacial score (nSPS) is 12.5. The van der Waals surface area contributed by atoms with Crippen LogP contribution in [0.4, 0.5) is 0 Å². The zero-order valence-corrected chi connectivity index (χ0v) is 28.5. The molecule has 0 bridgehead atoms. The lowest BCUT2D eigenvalue weighted by atomic mass is 9.69. The Bertz CT molecular complexity index is 3040. The van der Waals surface area contributed by atoms with Gasteiger partial charge in [0, 0.05) is 44.3 Å². The van der Waals surface area contributed by atoms with Crippen molar-refractivity contribution in [3.05, 3.63) is 205 Å². The van der Waals surface area contributed by atoms with Crippen LogP contribution in [-0.4, -0.2) is 27.9 Å². The number of aromatic nitrogens is 6. The Morgan fingerprint density at radius 3 is 1.19 bits per heavy atom. The van der Waals surface area contributed by atoms with Crippen molar-refractivity contribution in [1.82, 2.24) is 27.9 Å². The number of rotatable bonds is 6. The lowest BCUT2D eigenvalue weighted by Gasteiger charge is -2.35. The predicted octanol–water partition coefficient (Wildman–Crippen LogP) is 10.4. The molecule has 0 amide bonds. The minimum absolute atomic E-state index is 0.786. The van der Waals surface area contributed by atoms with E-state index in [1.807, 2.05) is 12.7 Å². The van der Waals surface area contributed by atoms with Crippen molar-refractivity contribution < 1.29 is 0 Å². The van der Waals surface area contributed by atoms with E-state index >= 15 is 0 Å². The van der Waals surface area contributed by atoms with Crippen LogP contribution in [0, 0.1) is 0 Å². The molecule has 0 unspecified atom stereocenters. The zero-order chi connectivity index (χ0) is 34.7. The maximum absolute atomic E-state index is 5.21. The summed E-state index contributed by atoms with van der Waals surface area (Å²) in [5.41, 5.74) is 12.4. The first-order chi connectivity index (χ1) is 26.3. The average Bonchev–Trinajstić information content (AvgIpc) is 4.07. The van der Waals surface area contributed by atoms with E-state index < -0.39 is 5.41 Å². The third kappa shape index (κ3) is 3.61. The monoisotopic (exact) mass is 678 g/mol. The first-order valence-electron chi connectivity index (χ1n) is 18.0. The summed E-state index contributed by atoms with van der Waals surface area (Å²) in [6.45, 7) is 0. The van der Waals surface area contributed by atoms with Crippen LogP contribution in [0.15, 0.2) is 183 Å². The van der Waals surface area contributed by atoms with Crippen LogP contribution in [-0.2, 0) is 5.41 Å². The first kappa shape index (κ1) is 28.5. The van der Waals surface area contributed by atoms with Crippen LogP contribution < -0.4 is 0 Å². The topological polar surface area (TPSA) is 44.5 Å². The molecule has 0 aliphatic carbocycles. The van der Waals surface area contributed by atoms with E-state index in [2.05, 4.69) is 188 Å². The van der Waals surface area contributed by atoms with Gasteiger partial charge in [-0.1, -0.05) is 133 Å². The minimum atomic E-state index is -0.786. The largest absolute Gasteiger partial charge is 0.297 e. The molecule has 248 valence electrons. The first-order valence-corrected chi connectivity index (χ1v) is 18.0. The highest BCUT2D eigenvalue weighted by atomic mass is 15.2. The second kappa shape index (κ2) is 10.4. The summed E-state index contributed by atoms with van der Waals surface area (Å²) in [5, 5.41) is 4.71. The molecule has 6 heteroatoms. The summed E-state index contributed by atoms with van der Waals surface area (Å²) in [6.07, 6.45) is 3.94. The molecule has 12 aromatic rings. The molecule has 53 heavy (non-hydrogen) atoms. The van der Waals surface area contributed by atoms with Crippen molar-refractivity contribution in [2.24, 2.45) is 0 Å². The molecule has 0 saturated carbocycles. The van der Waals surface area contributed by atoms with Gasteiger partial charge in [-0.2, -0.15) is 0 Å². The van der Waals surface area contributed by atoms with E-state index in [-0.39, 0.29) is 0 Å². The van der Waals surface area contributed by atoms with Gasteiger partial charge in [0.1, 0.15) is 18.1 Å². The number of para-hydroxylation sites is 4. The van der Waals surface area contributed by atoms with Crippen molar-refractivity contribution in [2.75, 3.05) is 0 Å². The van der Waals surface area contributed by atoms with Gasteiger partial charge in [-0.25, -0.2) is 9.97 Å². The van der Waals surface area contributed by atoms with Gasteiger partial charge in [-0.15, -0.1) is 0 Å². The Balaban J connectivity index is 1.29. The minimum Gasteiger partial charge on any atom is -0.297 e. The van der Waals surface area contributed by atoms with Crippen molar-refractivity contribution in [2.45, 2.75) is 5.41 Å². The highest BCUT2D eigenvalue weighted by Gasteiger charge is 2.45. The molecule has 0 atom stereocenters. The van der Waals surface area contributed by atoms with Crippen molar-refractivity contribution in [3.8, 4) is 11.4 Å². The van der Waals surface area contributed by atoms with Crippen LogP contribution >= 0.6 is 0 Å². The Morgan fingerprint density at radius 1 is 0.377 bits per heavy atom. The molecule has 6 nitrogen and oxygen atoms in total. The molecule has 0 fully saturated rings. The predicted molar refractivity (Wildman–Crippen MR) is 213 cm³/mol. The van der Waals surface area contributed by atoms with Crippen LogP contribution in [0.3, 0.4) is 0 Å². The van der Waals surface area contributed by atoms with Gasteiger partial charge in [-0.3, -0.25) is 17.9 Å². The lowest BCUT2D eigenvalue weighted by Crippen LogP contribution is -2.33. The Labute approximate surface area is 303 Å². The fourth-order valence-corrected chi connectivity index (χ4v) is 9.23. The SMILES string of the molecule is c1ccc(-n2cnc3c2c2cccc4cc(C(c5ccccc5)(c5ccccc5)c5cc6cccc7c8c(ncn8-c8ccccc8)n5c67)n3c42)cc1. The van der Waals surface area contributed by atoms with Crippen molar-refractivity contribution in [1.29, 1.82) is 0 Å². The quantitative estimate of drug-likeness (QED) is 0.176. The standard InChI is InChI=1S/C47H30N6/c1-5-17-33(18-6-1)47(34-19-7-2-8-20-34,39-27-31-15-13-25-37-41(31)52(39)45-43(37)50(29-48-45)35-21-9-3-10-22-35)40-28-32-16-14-26-38-42(32)53(40)46-44(38)51(30-49-46)36-23-11-4-12-24-36/h1-30H. The summed E-state index contributed by atoms with van der Waals surface area (Å²) in [5.74, 6) is 0. The number of nitrogens with zero attached hydrogens (tertiary/aromatic N) is 6.